The summed E-state index contributed by atoms with van der Waals surface area (Å²) < 4.78 is 0. The molecule has 18 heavy (non-hydrogen) atoms. The molecule has 5 nitrogen and oxygen atoms in total. The Balaban J connectivity index is 0.00000162. The highest BCUT2D eigenvalue weighted by atomic mass is 35.5. The molecule has 0 bridgehead atoms. The number of likely N-dealkylation sites (N-methyl/N-ethyl adjacent to an activating group) is 1. The van der Waals surface area contributed by atoms with Crippen LogP contribution in [0.25, 0.3) is 0 Å². The number of halogens is 1. The van der Waals surface area contributed by atoms with E-state index in [1.165, 1.54) is 12.8 Å². The fourth-order valence-electron chi connectivity index (χ4n) is 2.57. The molecular weight excluding hydrogens is 254 g/mol. The van der Waals surface area contributed by atoms with E-state index in [1.54, 1.807) is 11.9 Å². The third kappa shape index (κ3) is 4.14. The van der Waals surface area contributed by atoms with Crippen molar-refractivity contribution in [3.05, 3.63) is 0 Å². The molecule has 2 atom stereocenters. The Morgan fingerprint density at radius 2 is 2.33 bits per heavy atom. The van der Waals surface area contributed by atoms with Crippen molar-refractivity contribution in [2.24, 2.45) is 0 Å². The van der Waals surface area contributed by atoms with Crippen LogP contribution in [0.1, 0.15) is 32.1 Å². The molecule has 0 spiro atoms. The van der Waals surface area contributed by atoms with Gasteiger partial charge in [-0.1, -0.05) is 0 Å². The third-order valence-electron chi connectivity index (χ3n) is 3.59. The van der Waals surface area contributed by atoms with Gasteiger partial charge in [0, 0.05) is 32.5 Å². The first-order valence-electron chi connectivity index (χ1n) is 6.42. The topological polar surface area (TPSA) is 61.4 Å². The first-order valence-corrected chi connectivity index (χ1v) is 6.42. The van der Waals surface area contributed by atoms with E-state index < -0.39 is 0 Å². The summed E-state index contributed by atoms with van der Waals surface area (Å²) in [5.74, 6) is 0.194. The van der Waals surface area contributed by atoms with Crippen LogP contribution in [0.4, 0.5) is 0 Å². The standard InChI is InChI=1S/C12H21N3O2.ClH/c1-15-8-10(7-12(15)17)14-11(16)5-4-9-3-2-6-13-9;/h9-10,13H,2-8H2,1H3,(H,14,16);1H. The monoisotopic (exact) mass is 275 g/mol. The molecule has 0 aromatic heterocycles. The first kappa shape index (κ1) is 15.2. The van der Waals surface area contributed by atoms with Crippen LogP contribution in [-0.2, 0) is 9.59 Å². The maximum absolute atomic E-state index is 11.7. The van der Waals surface area contributed by atoms with Crippen molar-refractivity contribution in [2.75, 3.05) is 20.1 Å². The lowest BCUT2D eigenvalue weighted by atomic mass is 10.1. The van der Waals surface area contributed by atoms with Crippen LogP contribution in [0.15, 0.2) is 0 Å². The van der Waals surface area contributed by atoms with Crippen molar-refractivity contribution < 1.29 is 9.59 Å². The summed E-state index contributed by atoms with van der Waals surface area (Å²) in [6.07, 6.45) is 4.31. The number of likely N-dealkylation sites (tertiary alicyclic amines) is 1. The van der Waals surface area contributed by atoms with Crippen LogP contribution >= 0.6 is 12.4 Å². The SMILES string of the molecule is CN1CC(NC(=O)CCC2CCCN2)CC1=O.Cl. The molecule has 2 amide bonds. The maximum Gasteiger partial charge on any atom is 0.224 e. The quantitative estimate of drug-likeness (QED) is 0.775. The molecule has 2 rings (SSSR count). The molecule has 0 aromatic carbocycles. The minimum Gasteiger partial charge on any atom is -0.351 e. The minimum atomic E-state index is 0. The summed E-state index contributed by atoms with van der Waals surface area (Å²) in [6.45, 7) is 1.72. The lowest BCUT2D eigenvalue weighted by molar-refractivity contribution is -0.126. The van der Waals surface area contributed by atoms with Gasteiger partial charge in [-0.05, 0) is 25.8 Å². The lowest BCUT2D eigenvalue weighted by Gasteiger charge is -2.14. The van der Waals surface area contributed by atoms with Crippen molar-refractivity contribution in [2.45, 2.75) is 44.2 Å². The number of nitrogens with one attached hydrogen (secondary N) is 2. The van der Waals surface area contributed by atoms with Gasteiger partial charge in [0.1, 0.15) is 0 Å². The molecule has 104 valence electrons. The van der Waals surface area contributed by atoms with Gasteiger partial charge in [0.15, 0.2) is 0 Å². The number of nitrogens with zero attached hydrogens (tertiary/aromatic N) is 1. The molecule has 2 heterocycles. The molecule has 2 unspecified atom stereocenters. The lowest BCUT2D eigenvalue weighted by Crippen LogP contribution is -2.37. The van der Waals surface area contributed by atoms with Crippen molar-refractivity contribution >= 4 is 24.2 Å². The van der Waals surface area contributed by atoms with E-state index >= 15 is 0 Å². The molecule has 0 aliphatic carbocycles. The second-order valence-corrected chi connectivity index (χ2v) is 5.07. The van der Waals surface area contributed by atoms with Crippen LogP contribution in [0.5, 0.6) is 0 Å². The van der Waals surface area contributed by atoms with Gasteiger partial charge in [0.05, 0.1) is 6.04 Å². The van der Waals surface area contributed by atoms with Crippen molar-refractivity contribution in [3.63, 3.8) is 0 Å². The summed E-state index contributed by atoms with van der Waals surface area (Å²) in [5, 5.41) is 6.31. The van der Waals surface area contributed by atoms with Gasteiger partial charge < -0.3 is 15.5 Å². The number of hydrogen-bond acceptors (Lipinski definition) is 3. The van der Waals surface area contributed by atoms with E-state index in [-0.39, 0.29) is 30.3 Å². The van der Waals surface area contributed by atoms with Gasteiger partial charge in [-0.15, -0.1) is 12.4 Å². The van der Waals surface area contributed by atoms with E-state index in [0.717, 1.165) is 13.0 Å². The maximum atomic E-state index is 11.7. The van der Waals surface area contributed by atoms with E-state index in [9.17, 15) is 9.59 Å². The van der Waals surface area contributed by atoms with Crippen LogP contribution < -0.4 is 10.6 Å². The summed E-state index contributed by atoms with van der Waals surface area (Å²) in [6, 6.07) is 0.519. The molecule has 2 saturated heterocycles. The van der Waals surface area contributed by atoms with Gasteiger partial charge in [0.25, 0.3) is 0 Å². The van der Waals surface area contributed by atoms with Crippen LogP contribution in [-0.4, -0.2) is 48.9 Å². The average Bonchev–Trinajstić information content (AvgIpc) is 2.87. The summed E-state index contributed by atoms with van der Waals surface area (Å²) in [7, 11) is 1.77. The van der Waals surface area contributed by atoms with Crippen molar-refractivity contribution in [1.29, 1.82) is 0 Å². The number of amides is 2. The van der Waals surface area contributed by atoms with Crippen LogP contribution in [0.3, 0.4) is 0 Å². The first-order chi connectivity index (χ1) is 8.15. The Labute approximate surface area is 114 Å². The van der Waals surface area contributed by atoms with Gasteiger partial charge in [-0.2, -0.15) is 0 Å². The second kappa shape index (κ2) is 6.95. The highest BCUT2D eigenvalue weighted by Gasteiger charge is 2.27. The zero-order chi connectivity index (χ0) is 12.3. The highest BCUT2D eigenvalue weighted by Crippen LogP contribution is 2.12. The summed E-state index contributed by atoms with van der Waals surface area (Å²) >= 11 is 0. The van der Waals surface area contributed by atoms with Crippen LogP contribution in [0.2, 0.25) is 0 Å². The Kier molecular flexibility index (Phi) is 5.88. The predicted molar refractivity (Wildman–Crippen MR) is 71.7 cm³/mol. The second-order valence-electron chi connectivity index (χ2n) is 5.07. The van der Waals surface area contributed by atoms with E-state index in [0.29, 0.717) is 25.4 Å². The van der Waals surface area contributed by atoms with Crippen molar-refractivity contribution in [3.8, 4) is 0 Å². The molecule has 0 aromatic rings. The van der Waals surface area contributed by atoms with Crippen molar-refractivity contribution in [1.82, 2.24) is 15.5 Å². The van der Waals surface area contributed by atoms with E-state index in [4.69, 9.17) is 0 Å². The summed E-state index contributed by atoms with van der Waals surface area (Å²) in [5.41, 5.74) is 0. The number of carbonyl (C=O) groups is 2. The zero-order valence-electron chi connectivity index (χ0n) is 10.8. The zero-order valence-corrected chi connectivity index (χ0v) is 11.6. The summed E-state index contributed by atoms with van der Waals surface area (Å²) in [4.78, 5) is 24.7. The number of rotatable bonds is 4. The molecule has 6 heteroatoms. The molecule has 2 N–H and O–H groups in total. The normalized spacial score (nSPS) is 27.2. The van der Waals surface area contributed by atoms with Gasteiger partial charge in [0.2, 0.25) is 11.8 Å². The fourth-order valence-corrected chi connectivity index (χ4v) is 2.57. The largest absolute Gasteiger partial charge is 0.351 e. The Bertz CT molecular complexity index is 306. The predicted octanol–water partition coefficient (Wildman–Crippen LogP) is 0.287. The van der Waals surface area contributed by atoms with Gasteiger partial charge >= 0.3 is 0 Å². The Morgan fingerprint density at radius 3 is 2.89 bits per heavy atom. The molecule has 0 saturated carbocycles. The fraction of sp³-hybridized carbons (Fsp3) is 0.833. The molecular formula is C12H22ClN3O2. The smallest absolute Gasteiger partial charge is 0.224 e. The highest BCUT2D eigenvalue weighted by molar-refractivity contribution is 5.85. The minimum absolute atomic E-state index is 0. The Hall–Kier alpha value is -0.810. The van der Waals surface area contributed by atoms with Gasteiger partial charge in [-0.3, -0.25) is 9.59 Å². The van der Waals surface area contributed by atoms with E-state index in [1.807, 2.05) is 0 Å². The molecule has 2 fully saturated rings. The molecule has 2 aliphatic heterocycles. The average molecular weight is 276 g/mol. The molecule has 2 aliphatic rings. The van der Waals surface area contributed by atoms with Gasteiger partial charge in [-0.25, -0.2) is 0 Å². The molecule has 0 radical (unpaired) electrons. The van der Waals surface area contributed by atoms with E-state index in [2.05, 4.69) is 10.6 Å². The van der Waals surface area contributed by atoms with Crippen LogP contribution in [0, 0.1) is 0 Å². The Morgan fingerprint density at radius 1 is 1.56 bits per heavy atom. The number of carbonyl (C=O) groups excluding carboxylic acids is 2. The number of hydrogen-bond donors (Lipinski definition) is 2. The third-order valence-corrected chi connectivity index (χ3v) is 3.59.